The van der Waals surface area contributed by atoms with E-state index in [1.54, 1.807) is 24.6 Å². The van der Waals surface area contributed by atoms with E-state index in [4.69, 9.17) is 19.4 Å². The van der Waals surface area contributed by atoms with Gasteiger partial charge in [0.05, 0.1) is 31.0 Å². The highest BCUT2D eigenvalue weighted by molar-refractivity contribution is 7.09. The quantitative estimate of drug-likeness (QED) is 0.520. The number of methoxy groups -OCH3 is 1. The number of rotatable bonds is 7. The van der Waals surface area contributed by atoms with Crippen molar-refractivity contribution in [3.63, 3.8) is 0 Å². The predicted octanol–water partition coefficient (Wildman–Crippen LogP) is 2.72. The van der Waals surface area contributed by atoms with Crippen LogP contribution in [-0.2, 0) is 17.6 Å². The van der Waals surface area contributed by atoms with Gasteiger partial charge < -0.3 is 14.4 Å². The molecule has 1 saturated heterocycles. The van der Waals surface area contributed by atoms with E-state index in [1.165, 1.54) is 4.40 Å². The Hall–Kier alpha value is -2.78. The number of hydrogen-bond acceptors (Lipinski definition) is 8. The van der Waals surface area contributed by atoms with Gasteiger partial charge in [-0.15, -0.1) is 11.3 Å². The van der Waals surface area contributed by atoms with Gasteiger partial charge in [-0.05, 0) is 24.0 Å². The number of carbonyl (C=O) groups is 1. The molecular weight excluding hydrogens is 416 g/mol. The molecule has 0 N–H and O–H groups in total. The van der Waals surface area contributed by atoms with Crippen LogP contribution in [0.4, 0.5) is 5.82 Å². The van der Waals surface area contributed by atoms with Crippen LogP contribution in [0.1, 0.15) is 46.4 Å². The lowest BCUT2D eigenvalue weighted by Crippen LogP contribution is -2.39. The van der Waals surface area contributed by atoms with Crippen LogP contribution in [0.5, 0.6) is 5.75 Å². The fourth-order valence-corrected chi connectivity index (χ4v) is 4.66. The lowest BCUT2D eigenvalue weighted by Gasteiger charge is -2.28. The van der Waals surface area contributed by atoms with Crippen LogP contribution in [0.3, 0.4) is 0 Å². The van der Waals surface area contributed by atoms with Gasteiger partial charge >= 0.3 is 0 Å². The Morgan fingerprint density at radius 3 is 2.68 bits per heavy atom. The molecule has 3 aromatic rings. The van der Waals surface area contributed by atoms with E-state index in [9.17, 15) is 9.59 Å². The minimum absolute atomic E-state index is 0.0539. The number of aldehydes is 1. The van der Waals surface area contributed by atoms with Crippen LogP contribution in [-0.4, -0.2) is 54.1 Å². The number of pyridine rings is 1. The summed E-state index contributed by atoms with van der Waals surface area (Å²) in [6.07, 6.45) is 3.74. The first-order chi connectivity index (χ1) is 15.0. The molecule has 0 spiro atoms. The molecule has 4 heterocycles. The second-order valence-corrected chi connectivity index (χ2v) is 8.70. The fourth-order valence-electron chi connectivity index (χ4n) is 3.70. The Kier molecular flexibility index (Phi) is 6.33. The number of aryl methyl sites for hydroxylation is 2. The third kappa shape index (κ3) is 4.20. The van der Waals surface area contributed by atoms with Crippen molar-refractivity contribution in [3.8, 4) is 5.75 Å². The Morgan fingerprint density at radius 2 is 2.03 bits per heavy atom. The van der Waals surface area contributed by atoms with Gasteiger partial charge in [-0.25, -0.2) is 9.97 Å². The van der Waals surface area contributed by atoms with Crippen molar-refractivity contribution < 1.29 is 14.3 Å². The van der Waals surface area contributed by atoms with Crippen molar-refractivity contribution in [2.75, 3.05) is 38.3 Å². The first-order valence-electron chi connectivity index (χ1n) is 10.4. The number of aromatic nitrogens is 3. The van der Waals surface area contributed by atoms with Gasteiger partial charge in [-0.2, -0.15) is 0 Å². The van der Waals surface area contributed by atoms with Crippen molar-refractivity contribution in [2.24, 2.45) is 0 Å². The highest BCUT2D eigenvalue weighted by atomic mass is 32.1. The lowest BCUT2D eigenvalue weighted by molar-refractivity contribution is 0.111. The monoisotopic (exact) mass is 442 g/mol. The number of nitrogens with zero attached hydrogens (tertiary/aromatic N) is 4. The highest BCUT2D eigenvalue weighted by Gasteiger charge is 2.22. The topological polar surface area (TPSA) is 86.0 Å². The summed E-state index contributed by atoms with van der Waals surface area (Å²) in [6.45, 7) is 6.48. The van der Waals surface area contributed by atoms with E-state index < -0.39 is 5.56 Å². The minimum Gasteiger partial charge on any atom is -0.493 e. The van der Waals surface area contributed by atoms with Gasteiger partial charge in [0.1, 0.15) is 11.4 Å². The Morgan fingerprint density at radius 1 is 1.26 bits per heavy atom. The number of hydrogen-bond donors (Lipinski definition) is 0. The first kappa shape index (κ1) is 21.5. The van der Waals surface area contributed by atoms with Crippen molar-refractivity contribution in [2.45, 2.75) is 32.6 Å². The van der Waals surface area contributed by atoms with E-state index in [0.29, 0.717) is 62.1 Å². The van der Waals surface area contributed by atoms with E-state index in [1.807, 2.05) is 11.0 Å². The third-order valence-corrected chi connectivity index (χ3v) is 6.38. The summed E-state index contributed by atoms with van der Waals surface area (Å²) in [6, 6.07) is 1.86. The van der Waals surface area contributed by atoms with Crippen LogP contribution < -0.4 is 15.2 Å². The Labute approximate surface area is 184 Å². The van der Waals surface area contributed by atoms with Gasteiger partial charge in [-0.1, -0.05) is 13.8 Å². The zero-order valence-electron chi connectivity index (χ0n) is 18.0. The molecule has 0 unspecified atom stereocenters. The SMILES string of the molecule is COc1c(CCc2nc(C(C)C)cs2)ccn2c(=O)c(C=O)c(N3CCOCC3)nc12. The molecule has 0 saturated carbocycles. The number of anilines is 1. The van der Waals surface area contributed by atoms with E-state index in [-0.39, 0.29) is 5.56 Å². The molecule has 4 rings (SSSR count). The zero-order chi connectivity index (χ0) is 22.0. The maximum Gasteiger partial charge on any atom is 0.270 e. The van der Waals surface area contributed by atoms with Gasteiger partial charge in [0.2, 0.25) is 0 Å². The van der Waals surface area contributed by atoms with Gasteiger partial charge in [-0.3, -0.25) is 14.0 Å². The summed E-state index contributed by atoms with van der Waals surface area (Å²) >= 11 is 1.66. The molecule has 31 heavy (non-hydrogen) atoms. The third-order valence-electron chi connectivity index (χ3n) is 5.45. The minimum atomic E-state index is -0.396. The molecule has 8 nitrogen and oxygen atoms in total. The molecule has 1 fully saturated rings. The van der Waals surface area contributed by atoms with E-state index in [2.05, 4.69) is 19.2 Å². The molecule has 0 radical (unpaired) electrons. The van der Waals surface area contributed by atoms with Crippen LogP contribution in [0, 0.1) is 0 Å². The number of thiazole rings is 1. The van der Waals surface area contributed by atoms with E-state index >= 15 is 0 Å². The molecule has 0 atom stereocenters. The molecule has 1 aliphatic rings. The number of carbonyl (C=O) groups excluding carboxylic acids is 1. The lowest BCUT2D eigenvalue weighted by atomic mass is 10.1. The molecule has 0 aromatic carbocycles. The van der Waals surface area contributed by atoms with Crippen LogP contribution in [0.15, 0.2) is 22.4 Å². The standard InChI is InChI=1S/C22H26N4O4S/c1-14(2)17-13-31-18(23-17)5-4-15-6-7-26-21(19(15)29-3)24-20(16(12-27)22(26)28)25-8-10-30-11-9-25/h6-7,12-14H,4-5,8-11H2,1-3H3. The van der Waals surface area contributed by atoms with Gasteiger partial charge in [0.15, 0.2) is 17.7 Å². The Balaban J connectivity index is 1.73. The second kappa shape index (κ2) is 9.15. The van der Waals surface area contributed by atoms with Crippen LogP contribution in [0.2, 0.25) is 0 Å². The average molecular weight is 443 g/mol. The summed E-state index contributed by atoms with van der Waals surface area (Å²) in [4.78, 5) is 36.1. The fraction of sp³-hybridized carbons (Fsp3) is 0.455. The Bertz CT molecular complexity index is 1150. The summed E-state index contributed by atoms with van der Waals surface area (Å²) in [7, 11) is 1.58. The van der Waals surface area contributed by atoms with Crippen molar-refractivity contribution in [1.82, 2.24) is 14.4 Å². The molecular formula is C22H26N4O4S. The molecule has 9 heteroatoms. The second-order valence-electron chi connectivity index (χ2n) is 7.76. The van der Waals surface area contributed by atoms with Gasteiger partial charge in [0.25, 0.3) is 5.56 Å². The molecule has 3 aromatic heterocycles. The number of ether oxygens (including phenoxy) is 2. The van der Waals surface area contributed by atoms with Crippen LogP contribution in [0.25, 0.3) is 5.65 Å². The number of morpholine rings is 1. The summed E-state index contributed by atoms with van der Waals surface area (Å²) < 4.78 is 12.5. The summed E-state index contributed by atoms with van der Waals surface area (Å²) in [5.41, 5.74) is 2.13. The van der Waals surface area contributed by atoms with E-state index in [0.717, 1.165) is 22.7 Å². The summed E-state index contributed by atoms with van der Waals surface area (Å²) in [5.74, 6) is 1.34. The molecule has 164 valence electrons. The normalized spacial score (nSPS) is 14.4. The predicted molar refractivity (Wildman–Crippen MR) is 120 cm³/mol. The van der Waals surface area contributed by atoms with Crippen molar-refractivity contribution in [3.05, 3.63) is 49.8 Å². The first-order valence-corrected chi connectivity index (χ1v) is 11.3. The zero-order valence-corrected chi connectivity index (χ0v) is 18.8. The van der Waals surface area contributed by atoms with Gasteiger partial charge in [0, 0.05) is 31.1 Å². The summed E-state index contributed by atoms with van der Waals surface area (Å²) in [5, 5.41) is 3.18. The van der Waals surface area contributed by atoms with Crippen molar-refractivity contribution >= 4 is 29.1 Å². The maximum atomic E-state index is 13.0. The van der Waals surface area contributed by atoms with Crippen LogP contribution >= 0.6 is 11.3 Å². The molecule has 0 aliphatic carbocycles. The smallest absolute Gasteiger partial charge is 0.270 e. The van der Waals surface area contributed by atoms with Crippen molar-refractivity contribution in [1.29, 1.82) is 0 Å². The highest BCUT2D eigenvalue weighted by Crippen LogP contribution is 2.28. The number of fused-ring (bicyclic) bond motifs is 1. The maximum absolute atomic E-state index is 13.0. The average Bonchev–Trinajstić information content (AvgIpc) is 3.27. The molecule has 0 amide bonds. The molecule has 0 bridgehead atoms. The largest absolute Gasteiger partial charge is 0.493 e. The molecule has 1 aliphatic heterocycles.